The van der Waals surface area contributed by atoms with Crippen molar-refractivity contribution in [2.24, 2.45) is 7.05 Å². The van der Waals surface area contributed by atoms with Gasteiger partial charge in [-0.3, -0.25) is 19.7 Å². The Morgan fingerprint density at radius 1 is 1.16 bits per heavy atom. The molecule has 0 radical (unpaired) electrons. The van der Waals surface area contributed by atoms with Gasteiger partial charge in [0.05, 0.1) is 15.9 Å². The molecule has 1 heterocycles. The molecule has 0 bridgehead atoms. The van der Waals surface area contributed by atoms with Crippen LogP contribution in [0, 0.1) is 10.1 Å². The molecule has 0 aliphatic heterocycles. The number of aryl methyl sites for hydroxylation is 1. The Labute approximate surface area is 172 Å². The molecule has 12 heteroatoms. The van der Waals surface area contributed by atoms with E-state index in [1.165, 1.54) is 7.05 Å². The maximum Gasteiger partial charge on any atom is 0.416 e. The fourth-order valence-corrected chi connectivity index (χ4v) is 2.93. The summed E-state index contributed by atoms with van der Waals surface area (Å²) in [7, 11) is 1.41. The molecule has 9 nitrogen and oxygen atoms in total. The molecule has 162 valence electrons. The fourth-order valence-electron chi connectivity index (χ4n) is 2.93. The lowest BCUT2D eigenvalue weighted by atomic mass is 10.1. The molecule has 0 spiro atoms. The predicted molar refractivity (Wildman–Crippen MR) is 106 cm³/mol. The molecule has 0 fully saturated rings. The highest BCUT2D eigenvalue weighted by molar-refractivity contribution is 6.04. The fraction of sp³-hybridized carbons (Fsp3) is 0.211. The van der Waals surface area contributed by atoms with Gasteiger partial charge in [-0.05, 0) is 18.2 Å². The van der Waals surface area contributed by atoms with E-state index < -0.39 is 28.3 Å². The van der Waals surface area contributed by atoms with Crippen LogP contribution in [0.3, 0.4) is 0 Å². The second kappa shape index (κ2) is 8.42. The van der Waals surface area contributed by atoms with Crippen LogP contribution in [0.15, 0.2) is 47.3 Å². The highest BCUT2D eigenvalue weighted by Crippen LogP contribution is 2.34. The summed E-state index contributed by atoms with van der Waals surface area (Å²) < 4.78 is 39.3. The van der Waals surface area contributed by atoms with E-state index in [4.69, 9.17) is 0 Å². The van der Waals surface area contributed by atoms with Gasteiger partial charge in [0.2, 0.25) is 0 Å². The summed E-state index contributed by atoms with van der Waals surface area (Å²) in [6.07, 6.45) is -4.71. The molecule has 1 amide bonds. The molecule has 0 saturated heterocycles. The first-order valence-corrected chi connectivity index (χ1v) is 8.93. The predicted octanol–water partition coefficient (Wildman–Crippen LogP) is 2.70. The first-order chi connectivity index (χ1) is 14.6. The lowest BCUT2D eigenvalue weighted by Crippen LogP contribution is -2.32. The number of hydrogen-bond donors (Lipinski definition) is 2. The monoisotopic (exact) mass is 435 g/mol. The molecule has 2 N–H and O–H groups in total. The van der Waals surface area contributed by atoms with Crippen LogP contribution in [-0.2, 0) is 13.2 Å². The second-order valence-electron chi connectivity index (χ2n) is 6.49. The third-order valence-corrected chi connectivity index (χ3v) is 4.42. The van der Waals surface area contributed by atoms with Crippen LogP contribution in [0.5, 0.6) is 0 Å². The summed E-state index contributed by atoms with van der Waals surface area (Å²) in [4.78, 5) is 34.8. The van der Waals surface area contributed by atoms with Crippen LogP contribution in [0.2, 0.25) is 0 Å². The lowest BCUT2D eigenvalue weighted by molar-refractivity contribution is -0.384. The number of nitrogens with zero attached hydrogens (tertiary/aromatic N) is 3. The first-order valence-electron chi connectivity index (χ1n) is 8.93. The molecule has 3 aromatic rings. The van der Waals surface area contributed by atoms with E-state index in [0.29, 0.717) is 16.8 Å². The number of fused-ring (bicyclic) bond motifs is 1. The van der Waals surface area contributed by atoms with E-state index in [1.54, 1.807) is 24.3 Å². The number of carbonyl (C=O) groups is 1. The average Bonchev–Trinajstić information content (AvgIpc) is 2.72. The number of rotatable bonds is 6. The maximum absolute atomic E-state index is 12.8. The molecule has 0 atom stereocenters. The Morgan fingerprint density at radius 2 is 1.84 bits per heavy atom. The number of nitro benzene ring substituents is 1. The number of amides is 1. The van der Waals surface area contributed by atoms with Crippen LogP contribution in [-0.4, -0.2) is 33.7 Å². The van der Waals surface area contributed by atoms with Gasteiger partial charge in [-0.1, -0.05) is 18.2 Å². The van der Waals surface area contributed by atoms with Crippen molar-refractivity contribution in [3.8, 4) is 0 Å². The minimum absolute atomic E-state index is 0.00163. The highest BCUT2D eigenvalue weighted by atomic mass is 19.4. The molecule has 3 rings (SSSR count). The van der Waals surface area contributed by atoms with Gasteiger partial charge in [-0.15, -0.1) is 0 Å². The second-order valence-corrected chi connectivity index (χ2v) is 6.49. The number of nitro groups is 1. The lowest BCUT2D eigenvalue weighted by Gasteiger charge is -2.12. The van der Waals surface area contributed by atoms with Crippen molar-refractivity contribution >= 4 is 28.1 Å². The Bertz CT molecular complexity index is 1220. The Kier molecular flexibility index (Phi) is 5.90. The van der Waals surface area contributed by atoms with Crippen LogP contribution in [0.25, 0.3) is 10.8 Å². The SMILES string of the molecule is Cn1nc(C(=O)NCCNc2ccc(C(F)(F)F)cc2[N+](=O)[O-])c2ccccc2c1=O. The summed E-state index contributed by atoms with van der Waals surface area (Å²) >= 11 is 0. The zero-order chi connectivity index (χ0) is 22.8. The van der Waals surface area contributed by atoms with E-state index in [9.17, 15) is 32.9 Å². The zero-order valence-corrected chi connectivity index (χ0v) is 16.1. The van der Waals surface area contributed by atoms with E-state index in [1.807, 2.05) is 0 Å². The van der Waals surface area contributed by atoms with Gasteiger partial charge in [0.1, 0.15) is 5.69 Å². The molecule has 31 heavy (non-hydrogen) atoms. The number of alkyl halides is 3. The van der Waals surface area contributed by atoms with E-state index >= 15 is 0 Å². The van der Waals surface area contributed by atoms with E-state index in [0.717, 1.165) is 16.8 Å². The number of anilines is 1. The average molecular weight is 435 g/mol. The van der Waals surface area contributed by atoms with Crippen molar-refractivity contribution in [3.05, 3.63) is 74.2 Å². The molecule has 0 saturated carbocycles. The van der Waals surface area contributed by atoms with Gasteiger partial charge in [0.15, 0.2) is 5.69 Å². The molecule has 2 aromatic carbocycles. The van der Waals surface area contributed by atoms with Crippen molar-refractivity contribution in [3.63, 3.8) is 0 Å². The van der Waals surface area contributed by atoms with Gasteiger partial charge >= 0.3 is 6.18 Å². The standard InChI is InChI=1S/C19H16F3N5O4/c1-26-18(29)13-5-3-2-4-12(13)16(25-26)17(28)24-9-8-23-14-7-6-11(19(20,21)22)10-15(14)27(30)31/h2-7,10,23H,8-9H2,1H3,(H,24,28). The van der Waals surface area contributed by atoms with Crippen molar-refractivity contribution < 1.29 is 22.9 Å². The van der Waals surface area contributed by atoms with Gasteiger partial charge in [0, 0.05) is 31.6 Å². The molecule has 0 aliphatic rings. The summed E-state index contributed by atoms with van der Waals surface area (Å²) in [5.74, 6) is -0.574. The van der Waals surface area contributed by atoms with Gasteiger partial charge in [-0.25, -0.2) is 4.68 Å². The largest absolute Gasteiger partial charge is 0.416 e. The number of nitrogens with one attached hydrogen (secondary N) is 2. The number of hydrogen-bond acceptors (Lipinski definition) is 6. The van der Waals surface area contributed by atoms with Crippen molar-refractivity contribution in [2.75, 3.05) is 18.4 Å². The molecule has 1 aromatic heterocycles. The number of halogens is 3. The third kappa shape index (κ3) is 4.63. The van der Waals surface area contributed by atoms with Gasteiger partial charge in [-0.2, -0.15) is 18.3 Å². The van der Waals surface area contributed by atoms with Gasteiger partial charge < -0.3 is 10.6 Å². The van der Waals surface area contributed by atoms with Crippen molar-refractivity contribution in [1.82, 2.24) is 15.1 Å². The number of carbonyl (C=O) groups excluding carboxylic acids is 1. The Hall–Kier alpha value is -3.96. The van der Waals surface area contributed by atoms with Crippen molar-refractivity contribution in [1.29, 1.82) is 0 Å². The first kappa shape index (κ1) is 21.7. The van der Waals surface area contributed by atoms with Crippen LogP contribution in [0.4, 0.5) is 24.5 Å². The minimum atomic E-state index is -4.71. The van der Waals surface area contributed by atoms with E-state index in [-0.39, 0.29) is 30.0 Å². The number of aromatic nitrogens is 2. The smallest absolute Gasteiger partial charge is 0.378 e. The summed E-state index contributed by atoms with van der Waals surface area (Å²) in [6, 6.07) is 8.61. The summed E-state index contributed by atoms with van der Waals surface area (Å²) in [5.41, 5.74) is -2.31. The third-order valence-electron chi connectivity index (χ3n) is 4.42. The topological polar surface area (TPSA) is 119 Å². The Morgan fingerprint density at radius 3 is 2.48 bits per heavy atom. The molecular weight excluding hydrogens is 419 g/mol. The van der Waals surface area contributed by atoms with E-state index in [2.05, 4.69) is 15.7 Å². The zero-order valence-electron chi connectivity index (χ0n) is 16.1. The Balaban J connectivity index is 1.70. The van der Waals surface area contributed by atoms with Crippen LogP contribution < -0.4 is 16.2 Å². The van der Waals surface area contributed by atoms with Crippen LogP contribution >= 0.6 is 0 Å². The van der Waals surface area contributed by atoms with Gasteiger partial charge in [0.25, 0.3) is 17.2 Å². The maximum atomic E-state index is 12.8. The normalized spacial score (nSPS) is 11.4. The molecule has 0 aliphatic carbocycles. The number of benzene rings is 2. The summed E-state index contributed by atoms with van der Waals surface area (Å²) in [5, 5.41) is 21.0. The minimum Gasteiger partial charge on any atom is -0.378 e. The summed E-state index contributed by atoms with van der Waals surface area (Å²) in [6.45, 7) is -0.00248. The van der Waals surface area contributed by atoms with Crippen molar-refractivity contribution in [2.45, 2.75) is 6.18 Å². The highest BCUT2D eigenvalue weighted by Gasteiger charge is 2.33. The quantitative estimate of drug-likeness (QED) is 0.349. The molecular formula is C19H16F3N5O4. The van der Waals surface area contributed by atoms with Crippen LogP contribution in [0.1, 0.15) is 16.1 Å². The molecule has 0 unspecified atom stereocenters.